The lowest BCUT2D eigenvalue weighted by Crippen LogP contribution is -2.38. The average Bonchev–Trinajstić information content (AvgIpc) is 2.71. The third-order valence-electron chi connectivity index (χ3n) is 4.42. The smallest absolute Gasteiger partial charge is 0.191 e. The molecule has 0 aliphatic rings. The fourth-order valence-electron chi connectivity index (χ4n) is 2.84. The SMILES string of the molecule is CN=C(NCCc1c(OC)cc(OC)cc1OC)NCc1ccccc1C. The summed E-state index contributed by atoms with van der Waals surface area (Å²) < 4.78 is 16.3. The van der Waals surface area contributed by atoms with Crippen molar-refractivity contribution in [2.75, 3.05) is 34.9 Å². The summed E-state index contributed by atoms with van der Waals surface area (Å²) >= 11 is 0. The minimum atomic E-state index is 0.687. The molecule has 0 radical (unpaired) electrons. The molecule has 0 fully saturated rings. The first-order valence-corrected chi connectivity index (χ1v) is 8.90. The van der Waals surface area contributed by atoms with Crippen LogP contribution in [0, 0.1) is 6.92 Å². The molecule has 2 rings (SSSR count). The van der Waals surface area contributed by atoms with Gasteiger partial charge in [-0.25, -0.2) is 0 Å². The Morgan fingerprint density at radius 1 is 0.963 bits per heavy atom. The Hall–Kier alpha value is -2.89. The zero-order valence-corrected chi connectivity index (χ0v) is 16.8. The van der Waals surface area contributed by atoms with E-state index >= 15 is 0 Å². The van der Waals surface area contributed by atoms with Crippen molar-refractivity contribution in [2.24, 2.45) is 4.99 Å². The topological polar surface area (TPSA) is 64.1 Å². The van der Waals surface area contributed by atoms with Crippen molar-refractivity contribution in [3.05, 3.63) is 53.1 Å². The molecule has 0 unspecified atom stereocenters. The number of benzene rings is 2. The molecule has 0 saturated heterocycles. The number of hydrogen-bond donors (Lipinski definition) is 2. The Morgan fingerprint density at radius 2 is 1.63 bits per heavy atom. The first-order chi connectivity index (χ1) is 13.1. The highest BCUT2D eigenvalue weighted by molar-refractivity contribution is 5.79. The highest BCUT2D eigenvalue weighted by Crippen LogP contribution is 2.34. The van der Waals surface area contributed by atoms with E-state index in [2.05, 4.69) is 34.7 Å². The van der Waals surface area contributed by atoms with Crippen LogP contribution in [-0.4, -0.2) is 40.9 Å². The summed E-state index contributed by atoms with van der Waals surface area (Å²) in [6.07, 6.45) is 0.724. The van der Waals surface area contributed by atoms with Gasteiger partial charge in [0.1, 0.15) is 17.2 Å². The van der Waals surface area contributed by atoms with Gasteiger partial charge in [-0.05, 0) is 24.5 Å². The summed E-state index contributed by atoms with van der Waals surface area (Å²) in [7, 11) is 6.68. The molecule has 2 aromatic carbocycles. The highest BCUT2D eigenvalue weighted by Gasteiger charge is 2.13. The summed E-state index contributed by atoms with van der Waals surface area (Å²) in [6.45, 7) is 3.52. The maximum absolute atomic E-state index is 5.50. The molecule has 27 heavy (non-hydrogen) atoms. The third-order valence-corrected chi connectivity index (χ3v) is 4.42. The van der Waals surface area contributed by atoms with Gasteiger partial charge in [0, 0.05) is 37.8 Å². The number of rotatable bonds is 8. The zero-order chi connectivity index (χ0) is 19.6. The molecule has 2 aromatic rings. The Labute approximate surface area is 161 Å². The second kappa shape index (κ2) is 10.3. The standard InChI is InChI=1S/C21H29N3O3/c1-15-8-6-7-9-16(15)14-24-21(22-2)23-11-10-18-19(26-4)12-17(25-3)13-20(18)27-5/h6-9,12-13H,10-11,14H2,1-5H3,(H2,22,23,24). The predicted octanol–water partition coefficient (Wildman–Crippen LogP) is 2.93. The van der Waals surface area contributed by atoms with Gasteiger partial charge in [0.15, 0.2) is 5.96 Å². The summed E-state index contributed by atoms with van der Waals surface area (Å²) in [6, 6.07) is 12.0. The largest absolute Gasteiger partial charge is 0.496 e. The average molecular weight is 371 g/mol. The first kappa shape index (κ1) is 20.4. The van der Waals surface area contributed by atoms with E-state index in [-0.39, 0.29) is 0 Å². The maximum atomic E-state index is 5.50. The Kier molecular flexibility index (Phi) is 7.79. The van der Waals surface area contributed by atoms with Crippen molar-refractivity contribution in [3.63, 3.8) is 0 Å². The molecule has 2 N–H and O–H groups in total. The second-order valence-corrected chi connectivity index (χ2v) is 6.04. The van der Waals surface area contributed by atoms with E-state index in [4.69, 9.17) is 14.2 Å². The lowest BCUT2D eigenvalue weighted by Gasteiger charge is -2.17. The third kappa shape index (κ3) is 5.54. The van der Waals surface area contributed by atoms with Crippen LogP contribution < -0.4 is 24.8 Å². The number of methoxy groups -OCH3 is 3. The minimum Gasteiger partial charge on any atom is -0.496 e. The second-order valence-electron chi connectivity index (χ2n) is 6.04. The van der Waals surface area contributed by atoms with Crippen LogP contribution >= 0.6 is 0 Å². The van der Waals surface area contributed by atoms with Crippen LogP contribution in [0.3, 0.4) is 0 Å². The summed E-state index contributed by atoms with van der Waals surface area (Å²) in [4.78, 5) is 4.29. The lowest BCUT2D eigenvalue weighted by atomic mass is 10.1. The molecule has 6 heteroatoms. The van der Waals surface area contributed by atoms with Gasteiger partial charge in [0.2, 0.25) is 0 Å². The monoisotopic (exact) mass is 371 g/mol. The molecule has 146 valence electrons. The molecule has 0 aliphatic carbocycles. The van der Waals surface area contributed by atoms with E-state index in [9.17, 15) is 0 Å². The molecule has 0 aromatic heterocycles. The quantitative estimate of drug-likeness (QED) is 0.552. The number of guanidine groups is 1. The molecule has 0 saturated carbocycles. The molecule has 0 bridgehead atoms. The Morgan fingerprint density at radius 3 is 2.19 bits per heavy atom. The van der Waals surface area contributed by atoms with Crippen molar-refractivity contribution in [1.29, 1.82) is 0 Å². The zero-order valence-electron chi connectivity index (χ0n) is 16.8. The normalized spacial score (nSPS) is 11.1. The molecule has 0 amide bonds. The maximum Gasteiger partial charge on any atom is 0.191 e. The highest BCUT2D eigenvalue weighted by atomic mass is 16.5. The van der Waals surface area contributed by atoms with Crippen molar-refractivity contribution >= 4 is 5.96 Å². The van der Waals surface area contributed by atoms with Gasteiger partial charge in [-0.2, -0.15) is 0 Å². The van der Waals surface area contributed by atoms with E-state index in [1.165, 1.54) is 11.1 Å². The van der Waals surface area contributed by atoms with Gasteiger partial charge in [0.05, 0.1) is 21.3 Å². The van der Waals surface area contributed by atoms with Gasteiger partial charge < -0.3 is 24.8 Å². The van der Waals surface area contributed by atoms with E-state index in [1.807, 2.05) is 24.3 Å². The number of hydrogen-bond acceptors (Lipinski definition) is 4. The number of ether oxygens (including phenoxy) is 3. The van der Waals surface area contributed by atoms with Crippen LogP contribution in [0.1, 0.15) is 16.7 Å². The number of nitrogens with one attached hydrogen (secondary N) is 2. The molecule has 0 aliphatic heterocycles. The fraction of sp³-hybridized carbons (Fsp3) is 0.381. The molecule has 0 heterocycles. The van der Waals surface area contributed by atoms with Gasteiger partial charge in [0.25, 0.3) is 0 Å². The summed E-state index contributed by atoms with van der Waals surface area (Å²) in [5, 5.41) is 6.68. The summed E-state index contributed by atoms with van der Waals surface area (Å²) in [5.74, 6) is 2.95. The molecular weight excluding hydrogens is 342 g/mol. The molecule has 0 spiro atoms. The van der Waals surface area contributed by atoms with Gasteiger partial charge in [-0.1, -0.05) is 24.3 Å². The Bertz CT molecular complexity index is 750. The van der Waals surface area contributed by atoms with Gasteiger partial charge >= 0.3 is 0 Å². The van der Waals surface area contributed by atoms with Crippen molar-refractivity contribution in [3.8, 4) is 17.2 Å². The van der Waals surface area contributed by atoms with Crippen LogP contribution in [0.25, 0.3) is 0 Å². The van der Waals surface area contributed by atoms with Crippen LogP contribution in [-0.2, 0) is 13.0 Å². The number of aliphatic imine (C=N–C) groups is 1. The van der Waals surface area contributed by atoms with Crippen molar-refractivity contribution in [2.45, 2.75) is 19.9 Å². The predicted molar refractivity (Wildman–Crippen MR) is 109 cm³/mol. The van der Waals surface area contributed by atoms with Crippen LogP contribution in [0.15, 0.2) is 41.4 Å². The first-order valence-electron chi connectivity index (χ1n) is 8.90. The van der Waals surface area contributed by atoms with Gasteiger partial charge in [-0.15, -0.1) is 0 Å². The van der Waals surface area contributed by atoms with E-state index < -0.39 is 0 Å². The number of nitrogens with zero attached hydrogens (tertiary/aromatic N) is 1. The van der Waals surface area contributed by atoms with Crippen LogP contribution in [0.4, 0.5) is 0 Å². The fourth-order valence-corrected chi connectivity index (χ4v) is 2.84. The van der Waals surface area contributed by atoms with Crippen molar-refractivity contribution in [1.82, 2.24) is 10.6 Å². The molecule has 0 atom stereocenters. The molecular formula is C21H29N3O3. The van der Waals surface area contributed by atoms with Gasteiger partial charge in [-0.3, -0.25) is 4.99 Å². The lowest BCUT2D eigenvalue weighted by molar-refractivity contribution is 0.368. The van der Waals surface area contributed by atoms with E-state index in [1.54, 1.807) is 28.4 Å². The number of aryl methyl sites for hydroxylation is 1. The van der Waals surface area contributed by atoms with Crippen molar-refractivity contribution < 1.29 is 14.2 Å². The van der Waals surface area contributed by atoms with E-state index in [0.29, 0.717) is 12.3 Å². The van der Waals surface area contributed by atoms with Crippen LogP contribution in [0.5, 0.6) is 17.2 Å². The summed E-state index contributed by atoms with van der Waals surface area (Å²) in [5.41, 5.74) is 3.50. The minimum absolute atomic E-state index is 0.687. The van der Waals surface area contributed by atoms with Crippen LogP contribution in [0.2, 0.25) is 0 Å². The Balaban J connectivity index is 1.97. The molecule has 6 nitrogen and oxygen atoms in total. The van der Waals surface area contributed by atoms with E-state index in [0.717, 1.165) is 36.0 Å².